The third-order valence-electron chi connectivity index (χ3n) is 3.24. The Labute approximate surface area is 117 Å². The lowest BCUT2D eigenvalue weighted by Crippen LogP contribution is -2.40. The van der Waals surface area contributed by atoms with Crippen LogP contribution >= 0.6 is 0 Å². The number of carbonyl (C=O) groups excluding carboxylic acids is 1. The monoisotopic (exact) mass is 286 g/mol. The third-order valence-corrected chi connectivity index (χ3v) is 3.24. The van der Waals surface area contributed by atoms with Crippen molar-refractivity contribution in [3.63, 3.8) is 0 Å². The van der Waals surface area contributed by atoms with Gasteiger partial charge in [-0.15, -0.1) is 0 Å². The van der Waals surface area contributed by atoms with Crippen molar-refractivity contribution in [1.29, 1.82) is 0 Å². The van der Waals surface area contributed by atoms with Crippen LogP contribution in [0.3, 0.4) is 0 Å². The fourth-order valence-corrected chi connectivity index (χ4v) is 1.83. The zero-order valence-corrected chi connectivity index (χ0v) is 12.0. The molecule has 1 atom stereocenters. The maximum Gasteiger partial charge on any atom is 0.256 e. The molecule has 0 saturated heterocycles. The largest absolute Gasteiger partial charge is 0.398 e. The van der Waals surface area contributed by atoms with Crippen LogP contribution in [0.5, 0.6) is 0 Å². The van der Waals surface area contributed by atoms with E-state index >= 15 is 0 Å². The number of nitrogens with two attached hydrogens (primary N) is 1. The topological polar surface area (TPSA) is 55.6 Å². The molecule has 0 radical (unpaired) electrons. The minimum Gasteiger partial charge on any atom is -0.398 e. The Morgan fingerprint density at radius 3 is 2.55 bits per heavy atom. The number of halogens is 2. The lowest BCUT2D eigenvalue weighted by atomic mass is 10.1. The Balaban J connectivity index is 3.08. The number of nitrogens with zero attached hydrogens (tertiary/aromatic N) is 1. The minimum absolute atomic E-state index is 0.0275. The summed E-state index contributed by atoms with van der Waals surface area (Å²) in [5.74, 6) is -2.57. The number of hydrogen-bond donors (Lipinski definition) is 1. The molecule has 1 aromatic carbocycles. The van der Waals surface area contributed by atoms with Gasteiger partial charge in [0.1, 0.15) is 0 Å². The van der Waals surface area contributed by atoms with Crippen LogP contribution in [0.25, 0.3) is 0 Å². The number of ether oxygens (including phenoxy) is 1. The van der Waals surface area contributed by atoms with Crippen molar-refractivity contribution in [2.45, 2.75) is 26.3 Å². The van der Waals surface area contributed by atoms with Gasteiger partial charge in [0.25, 0.3) is 5.91 Å². The van der Waals surface area contributed by atoms with Crippen LogP contribution in [0.15, 0.2) is 12.1 Å². The molecule has 0 aliphatic rings. The van der Waals surface area contributed by atoms with E-state index in [1.54, 1.807) is 4.90 Å². The Morgan fingerprint density at radius 1 is 1.40 bits per heavy atom. The average Bonchev–Trinajstić information content (AvgIpc) is 2.42. The second-order valence-corrected chi connectivity index (χ2v) is 4.60. The van der Waals surface area contributed by atoms with E-state index in [1.165, 1.54) is 7.11 Å². The van der Waals surface area contributed by atoms with Crippen LogP contribution in [0.2, 0.25) is 0 Å². The third kappa shape index (κ3) is 3.66. The van der Waals surface area contributed by atoms with Gasteiger partial charge in [-0.05, 0) is 19.4 Å². The van der Waals surface area contributed by atoms with Gasteiger partial charge < -0.3 is 15.4 Å². The van der Waals surface area contributed by atoms with Crippen molar-refractivity contribution >= 4 is 11.6 Å². The molecule has 1 amide bonds. The number of amides is 1. The lowest BCUT2D eigenvalue weighted by molar-refractivity contribution is 0.0614. The van der Waals surface area contributed by atoms with Gasteiger partial charge in [0.15, 0.2) is 11.6 Å². The molecule has 0 heterocycles. The van der Waals surface area contributed by atoms with Gasteiger partial charge in [0.2, 0.25) is 0 Å². The van der Waals surface area contributed by atoms with E-state index in [9.17, 15) is 13.6 Å². The molecular formula is C14H20F2N2O2. The van der Waals surface area contributed by atoms with Crippen LogP contribution in [0.4, 0.5) is 14.5 Å². The second kappa shape index (κ2) is 7.19. The molecule has 1 rings (SSSR count). The summed E-state index contributed by atoms with van der Waals surface area (Å²) >= 11 is 0. The highest BCUT2D eigenvalue weighted by Gasteiger charge is 2.23. The molecule has 0 aromatic heterocycles. The van der Waals surface area contributed by atoms with Crippen LogP contribution in [-0.4, -0.2) is 37.1 Å². The number of hydrogen-bond acceptors (Lipinski definition) is 3. The van der Waals surface area contributed by atoms with Crippen molar-refractivity contribution in [2.24, 2.45) is 0 Å². The molecule has 1 unspecified atom stereocenters. The van der Waals surface area contributed by atoms with Gasteiger partial charge in [0, 0.05) is 31.5 Å². The zero-order chi connectivity index (χ0) is 15.3. The lowest BCUT2D eigenvalue weighted by Gasteiger charge is -2.29. The summed E-state index contributed by atoms with van der Waals surface area (Å²) in [7, 11) is 1.53. The Bertz CT molecular complexity index is 480. The number of methoxy groups -OCH3 is 1. The highest BCUT2D eigenvalue weighted by molar-refractivity contribution is 5.99. The Hall–Kier alpha value is -1.69. The van der Waals surface area contributed by atoms with Gasteiger partial charge in [0.05, 0.1) is 12.2 Å². The quantitative estimate of drug-likeness (QED) is 0.817. The zero-order valence-electron chi connectivity index (χ0n) is 12.0. The molecule has 0 saturated carbocycles. The summed E-state index contributed by atoms with van der Waals surface area (Å²) in [5, 5.41) is 0. The van der Waals surface area contributed by atoms with E-state index in [4.69, 9.17) is 10.5 Å². The predicted molar refractivity (Wildman–Crippen MR) is 73.4 cm³/mol. The van der Waals surface area contributed by atoms with E-state index in [0.29, 0.717) is 13.2 Å². The van der Waals surface area contributed by atoms with Crippen LogP contribution < -0.4 is 5.73 Å². The minimum atomic E-state index is -1.08. The molecule has 0 aliphatic heterocycles. The summed E-state index contributed by atoms with van der Waals surface area (Å²) in [4.78, 5) is 14.0. The van der Waals surface area contributed by atoms with E-state index in [1.807, 2.05) is 13.8 Å². The first-order valence-electron chi connectivity index (χ1n) is 6.46. The SMILES string of the molecule is CCC(C)N(CCOC)C(=O)c1cc(F)c(F)cc1N. The smallest absolute Gasteiger partial charge is 0.256 e. The molecule has 0 aliphatic carbocycles. The van der Waals surface area contributed by atoms with Crippen LogP contribution in [0.1, 0.15) is 30.6 Å². The van der Waals surface area contributed by atoms with E-state index in [2.05, 4.69) is 0 Å². The van der Waals surface area contributed by atoms with E-state index in [0.717, 1.165) is 18.6 Å². The summed E-state index contributed by atoms with van der Waals surface area (Å²) in [6, 6.07) is 1.62. The summed E-state index contributed by atoms with van der Waals surface area (Å²) in [6.45, 7) is 4.54. The Kier molecular flexibility index (Phi) is 5.88. The fraction of sp³-hybridized carbons (Fsp3) is 0.500. The molecule has 1 aromatic rings. The molecule has 0 bridgehead atoms. The van der Waals surface area contributed by atoms with Crippen molar-refractivity contribution in [3.8, 4) is 0 Å². The van der Waals surface area contributed by atoms with Crippen LogP contribution in [-0.2, 0) is 4.74 Å². The second-order valence-electron chi connectivity index (χ2n) is 4.60. The fourth-order valence-electron chi connectivity index (χ4n) is 1.83. The van der Waals surface area contributed by atoms with Crippen molar-refractivity contribution in [3.05, 3.63) is 29.3 Å². The first-order chi connectivity index (χ1) is 9.42. The number of anilines is 1. The van der Waals surface area contributed by atoms with Gasteiger partial charge >= 0.3 is 0 Å². The Morgan fingerprint density at radius 2 is 2.00 bits per heavy atom. The van der Waals surface area contributed by atoms with Gasteiger partial charge in [-0.1, -0.05) is 6.92 Å². The molecule has 6 heteroatoms. The average molecular weight is 286 g/mol. The molecule has 0 fully saturated rings. The number of carbonyl (C=O) groups is 1. The summed E-state index contributed by atoms with van der Waals surface area (Å²) in [5.41, 5.74) is 5.52. The van der Waals surface area contributed by atoms with Crippen LogP contribution in [0, 0.1) is 11.6 Å². The highest BCUT2D eigenvalue weighted by Crippen LogP contribution is 2.20. The summed E-state index contributed by atoms with van der Waals surface area (Å²) < 4.78 is 31.3. The molecule has 112 valence electrons. The molecule has 0 spiro atoms. The van der Waals surface area contributed by atoms with Crippen molar-refractivity contribution < 1.29 is 18.3 Å². The molecule has 2 N–H and O–H groups in total. The maximum atomic E-state index is 13.3. The first kappa shape index (κ1) is 16.4. The predicted octanol–water partition coefficient (Wildman–Crippen LogP) is 2.43. The normalized spacial score (nSPS) is 12.2. The molecule has 4 nitrogen and oxygen atoms in total. The van der Waals surface area contributed by atoms with Gasteiger partial charge in [-0.2, -0.15) is 0 Å². The number of nitrogen functional groups attached to an aromatic ring is 1. The molecular weight excluding hydrogens is 266 g/mol. The van der Waals surface area contributed by atoms with E-state index < -0.39 is 17.5 Å². The maximum absolute atomic E-state index is 13.3. The van der Waals surface area contributed by atoms with Crippen molar-refractivity contribution in [1.82, 2.24) is 4.90 Å². The number of benzene rings is 1. The number of rotatable bonds is 6. The van der Waals surface area contributed by atoms with Gasteiger partial charge in [-0.25, -0.2) is 8.78 Å². The summed E-state index contributed by atoms with van der Waals surface area (Å²) in [6.07, 6.45) is 0.735. The highest BCUT2D eigenvalue weighted by atomic mass is 19.2. The van der Waals surface area contributed by atoms with Crippen molar-refractivity contribution in [2.75, 3.05) is 26.0 Å². The van der Waals surface area contributed by atoms with Gasteiger partial charge in [-0.3, -0.25) is 4.79 Å². The first-order valence-corrected chi connectivity index (χ1v) is 6.46. The standard InChI is InChI=1S/C14H20F2N2O2/c1-4-9(2)18(5-6-20-3)14(19)10-7-11(15)12(16)8-13(10)17/h7-9H,4-6,17H2,1-3H3. The van der Waals surface area contributed by atoms with E-state index in [-0.39, 0.29) is 17.3 Å². The molecule has 20 heavy (non-hydrogen) atoms.